The number of nitrogens with one attached hydrogen (secondary N) is 1. The van der Waals surface area contributed by atoms with Crippen molar-refractivity contribution in [2.75, 3.05) is 13.2 Å². The van der Waals surface area contributed by atoms with Crippen molar-refractivity contribution in [2.24, 2.45) is 11.8 Å². The second kappa shape index (κ2) is 12.0. The van der Waals surface area contributed by atoms with Crippen LogP contribution in [0.3, 0.4) is 0 Å². The van der Waals surface area contributed by atoms with Crippen LogP contribution in [0.2, 0.25) is 0 Å². The third kappa shape index (κ3) is 7.29. The van der Waals surface area contributed by atoms with Gasteiger partial charge in [0.05, 0.1) is 18.6 Å². The lowest BCUT2D eigenvalue weighted by Crippen LogP contribution is -2.28. The average Bonchev–Trinajstić information content (AvgIpc) is 3.71. The molecule has 0 radical (unpaired) electrons. The van der Waals surface area contributed by atoms with Gasteiger partial charge in [0.15, 0.2) is 17.3 Å². The summed E-state index contributed by atoms with van der Waals surface area (Å²) in [5.74, 6) is -0.731. The number of hydrogen-bond acceptors (Lipinski definition) is 5. The molecule has 0 bridgehead atoms. The first-order valence-corrected chi connectivity index (χ1v) is 12.6. The normalized spacial score (nSPS) is 19.4. The van der Waals surface area contributed by atoms with Crippen molar-refractivity contribution >= 4 is 17.7 Å². The summed E-state index contributed by atoms with van der Waals surface area (Å²) in [7, 11) is 0. The van der Waals surface area contributed by atoms with Gasteiger partial charge in [-0.3, -0.25) is 14.4 Å². The zero-order valence-corrected chi connectivity index (χ0v) is 20.2. The maximum atomic E-state index is 14.5. The lowest BCUT2D eigenvalue weighted by Gasteiger charge is -2.27. The first-order valence-electron chi connectivity index (χ1n) is 12.6. The van der Waals surface area contributed by atoms with Crippen LogP contribution in [0.4, 0.5) is 4.39 Å². The molecule has 0 heterocycles. The molecule has 2 aromatic carbocycles. The van der Waals surface area contributed by atoms with E-state index in [0.717, 1.165) is 5.75 Å². The quantitative estimate of drug-likeness (QED) is 0.315. The number of hydrogen-bond donors (Lipinski definition) is 2. The summed E-state index contributed by atoms with van der Waals surface area (Å²) in [6.07, 6.45) is 4.94. The number of carboxylic acids is 1. The molecule has 36 heavy (non-hydrogen) atoms. The molecule has 2 aromatic rings. The van der Waals surface area contributed by atoms with E-state index in [1.807, 2.05) is 0 Å². The predicted octanol–water partition coefficient (Wildman–Crippen LogP) is 5.03. The molecule has 2 saturated carbocycles. The summed E-state index contributed by atoms with van der Waals surface area (Å²) in [6, 6.07) is 11.2. The fourth-order valence-corrected chi connectivity index (χ4v) is 4.28. The standard InChI is InChI=1S/C28H32FNO6/c29-24-16-21(9-14-26(24)36-23-12-7-20(8-13-23)28(33)34)25(31)2-1-15-30-27(32)19-5-10-22(11-6-19)35-17-18-3-4-18/h5-6,9-11,14,16,18,20,23H,1-4,7-8,12-13,15,17H2,(H,30,32)(H,33,34). The van der Waals surface area contributed by atoms with Gasteiger partial charge >= 0.3 is 5.97 Å². The summed E-state index contributed by atoms with van der Waals surface area (Å²) < 4.78 is 25.9. The number of Topliss-reactive ketones (excluding diaryl/α,β-unsaturated/α-hetero) is 1. The van der Waals surface area contributed by atoms with Crippen molar-refractivity contribution in [3.63, 3.8) is 0 Å². The van der Waals surface area contributed by atoms with E-state index in [2.05, 4.69) is 5.32 Å². The number of ether oxygens (including phenoxy) is 2. The van der Waals surface area contributed by atoms with Gasteiger partial charge in [0, 0.05) is 24.1 Å². The molecular weight excluding hydrogens is 465 g/mol. The number of amides is 1. The molecule has 0 spiro atoms. The monoisotopic (exact) mass is 497 g/mol. The van der Waals surface area contributed by atoms with Gasteiger partial charge in [0.1, 0.15) is 5.75 Å². The van der Waals surface area contributed by atoms with E-state index in [0.29, 0.717) is 56.7 Å². The molecule has 8 heteroatoms. The van der Waals surface area contributed by atoms with E-state index < -0.39 is 11.8 Å². The van der Waals surface area contributed by atoms with Crippen LogP contribution in [-0.4, -0.2) is 42.0 Å². The molecule has 2 N–H and O–H groups in total. The van der Waals surface area contributed by atoms with Crippen molar-refractivity contribution in [3.8, 4) is 11.5 Å². The van der Waals surface area contributed by atoms with E-state index in [-0.39, 0.29) is 41.4 Å². The fourth-order valence-electron chi connectivity index (χ4n) is 4.28. The van der Waals surface area contributed by atoms with Crippen LogP contribution in [0, 0.1) is 17.7 Å². The second-order valence-corrected chi connectivity index (χ2v) is 9.64. The first-order chi connectivity index (χ1) is 17.4. The van der Waals surface area contributed by atoms with Gasteiger partial charge in [0.25, 0.3) is 5.91 Å². The lowest BCUT2D eigenvalue weighted by molar-refractivity contribution is -0.143. The molecular formula is C28H32FNO6. The molecule has 0 aliphatic heterocycles. The Balaban J connectivity index is 1.17. The summed E-state index contributed by atoms with van der Waals surface area (Å²) in [6.45, 7) is 1.04. The van der Waals surface area contributed by atoms with Crippen LogP contribution < -0.4 is 14.8 Å². The van der Waals surface area contributed by atoms with Crippen molar-refractivity contribution < 1.29 is 33.4 Å². The molecule has 2 fully saturated rings. The van der Waals surface area contributed by atoms with Crippen molar-refractivity contribution in [2.45, 2.75) is 57.5 Å². The number of benzene rings is 2. The molecule has 0 saturated heterocycles. The van der Waals surface area contributed by atoms with Gasteiger partial charge in [-0.1, -0.05) is 0 Å². The number of halogens is 1. The zero-order valence-electron chi connectivity index (χ0n) is 20.2. The average molecular weight is 498 g/mol. The SMILES string of the molecule is O=C(CCCNC(=O)c1ccc(OCC2CC2)cc1)c1ccc(OC2CCC(C(=O)O)CC2)c(F)c1. The van der Waals surface area contributed by atoms with Crippen LogP contribution in [0.15, 0.2) is 42.5 Å². The van der Waals surface area contributed by atoms with Crippen molar-refractivity contribution in [1.29, 1.82) is 0 Å². The minimum atomic E-state index is -0.801. The maximum Gasteiger partial charge on any atom is 0.306 e. The predicted molar refractivity (Wildman–Crippen MR) is 131 cm³/mol. The molecule has 2 aliphatic rings. The van der Waals surface area contributed by atoms with Gasteiger partial charge in [-0.05, 0) is 93.3 Å². The van der Waals surface area contributed by atoms with Gasteiger partial charge in [-0.2, -0.15) is 0 Å². The number of ketones is 1. The summed E-state index contributed by atoms with van der Waals surface area (Å²) in [4.78, 5) is 35.8. The Bertz CT molecular complexity index is 1070. The van der Waals surface area contributed by atoms with Gasteiger partial charge in [-0.15, -0.1) is 0 Å². The van der Waals surface area contributed by atoms with Crippen LogP contribution in [0.25, 0.3) is 0 Å². The molecule has 0 atom stereocenters. The maximum absolute atomic E-state index is 14.5. The highest BCUT2D eigenvalue weighted by atomic mass is 19.1. The Morgan fingerprint density at radius 1 is 0.944 bits per heavy atom. The van der Waals surface area contributed by atoms with E-state index >= 15 is 0 Å². The molecule has 2 aliphatic carbocycles. The van der Waals surface area contributed by atoms with Crippen LogP contribution in [0.1, 0.15) is 72.1 Å². The van der Waals surface area contributed by atoms with Crippen LogP contribution >= 0.6 is 0 Å². The van der Waals surface area contributed by atoms with Gasteiger partial charge < -0.3 is 19.9 Å². The minimum Gasteiger partial charge on any atom is -0.493 e. The fraction of sp³-hybridized carbons (Fsp3) is 0.464. The van der Waals surface area contributed by atoms with E-state index in [1.165, 1.54) is 31.0 Å². The molecule has 192 valence electrons. The van der Waals surface area contributed by atoms with Crippen molar-refractivity contribution in [3.05, 3.63) is 59.4 Å². The Labute approximate surface area is 210 Å². The molecule has 7 nitrogen and oxygen atoms in total. The van der Waals surface area contributed by atoms with E-state index in [9.17, 15) is 18.8 Å². The highest BCUT2D eigenvalue weighted by Gasteiger charge is 2.27. The Morgan fingerprint density at radius 3 is 2.28 bits per heavy atom. The van der Waals surface area contributed by atoms with Gasteiger partial charge in [0.2, 0.25) is 0 Å². The van der Waals surface area contributed by atoms with E-state index in [4.69, 9.17) is 14.6 Å². The largest absolute Gasteiger partial charge is 0.493 e. The number of aliphatic carboxylic acids is 1. The molecule has 4 rings (SSSR count). The zero-order chi connectivity index (χ0) is 25.5. The summed E-state index contributed by atoms with van der Waals surface area (Å²) in [5, 5.41) is 11.9. The number of carboxylic acid groups (broad SMARTS) is 1. The molecule has 1 amide bonds. The third-order valence-electron chi connectivity index (χ3n) is 6.74. The van der Waals surface area contributed by atoms with Crippen molar-refractivity contribution in [1.82, 2.24) is 5.32 Å². The molecule has 0 unspecified atom stereocenters. The Kier molecular flexibility index (Phi) is 8.57. The lowest BCUT2D eigenvalue weighted by atomic mass is 9.87. The second-order valence-electron chi connectivity index (χ2n) is 9.64. The highest BCUT2D eigenvalue weighted by Crippen LogP contribution is 2.30. The smallest absolute Gasteiger partial charge is 0.306 e. The minimum absolute atomic E-state index is 0.0709. The number of rotatable bonds is 12. The highest BCUT2D eigenvalue weighted by molar-refractivity contribution is 5.96. The van der Waals surface area contributed by atoms with Crippen LogP contribution in [-0.2, 0) is 4.79 Å². The third-order valence-corrected chi connectivity index (χ3v) is 6.74. The first kappa shape index (κ1) is 25.7. The van der Waals surface area contributed by atoms with Gasteiger partial charge in [-0.25, -0.2) is 4.39 Å². The molecule has 0 aromatic heterocycles. The summed E-state index contributed by atoms with van der Waals surface area (Å²) in [5.41, 5.74) is 0.775. The Hall–Kier alpha value is -3.42. The van der Waals surface area contributed by atoms with Crippen LogP contribution in [0.5, 0.6) is 11.5 Å². The number of carbonyl (C=O) groups excluding carboxylic acids is 2. The van der Waals surface area contributed by atoms with E-state index in [1.54, 1.807) is 24.3 Å². The Morgan fingerprint density at radius 2 is 1.64 bits per heavy atom. The summed E-state index contributed by atoms with van der Waals surface area (Å²) >= 11 is 0. The number of carbonyl (C=O) groups is 3. The topological polar surface area (TPSA) is 102 Å².